The van der Waals surface area contributed by atoms with Gasteiger partial charge in [-0.3, -0.25) is 10.1 Å². The Kier molecular flexibility index (Phi) is 7.11. The first-order chi connectivity index (χ1) is 14.8. The average molecular weight is 450 g/mol. The number of fused-ring (bicyclic) bond motifs is 1. The number of hydrogen-bond acceptors (Lipinski definition) is 4. The smallest absolute Gasteiger partial charge is 0.420 e. The lowest BCUT2D eigenvalue weighted by molar-refractivity contribution is -0.138. The lowest BCUT2D eigenvalue weighted by Gasteiger charge is -2.16. The number of amides is 1. The van der Waals surface area contributed by atoms with Crippen LogP contribution in [0.25, 0.3) is 5.65 Å². The summed E-state index contributed by atoms with van der Waals surface area (Å²) in [5, 5.41) is 4.95. The number of hydrogen-bond donors (Lipinski definition) is 2. The summed E-state index contributed by atoms with van der Waals surface area (Å²) in [6.45, 7) is 2.21. The Hall–Kier alpha value is -3.14. The highest BCUT2D eigenvalue weighted by atomic mass is 32.1. The van der Waals surface area contributed by atoms with E-state index in [-0.39, 0.29) is 23.2 Å². The van der Waals surface area contributed by atoms with Crippen LogP contribution in [-0.2, 0) is 6.18 Å². The minimum atomic E-state index is -4.59. The monoisotopic (exact) mass is 450 g/mol. The second-order valence-corrected chi connectivity index (χ2v) is 7.19. The van der Waals surface area contributed by atoms with Gasteiger partial charge in [0.25, 0.3) is 5.91 Å². The summed E-state index contributed by atoms with van der Waals surface area (Å²) in [6.07, 6.45) is 2.76. The molecule has 31 heavy (non-hydrogen) atoms. The van der Waals surface area contributed by atoms with E-state index in [9.17, 15) is 18.0 Å². The van der Waals surface area contributed by atoms with Gasteiger partial charge in [-0.2, -0.15) is 13.2 Å². The van der Waals surface area contributed by atoms with Crippen molar-refractivity contribution in [2.24, 2.45) is 0 Å². The first-order valence-electron chi connectivity index (χ1n) is 9.67. The molecule has 1 amide bonds. The zero-order valence-corrected chi connectivity index (χ0v) is 17.5. The van der Waals surface area contributed by atoms with Gasteiger partial charge in [0, 0.05) is 24.3 Å². The van der Waals surface area contributed by atoms with Crippen LogP contribution in [0.15, 0.2) is 48.9 Å². The van der Waals surface area contributed by atoms with Gasteiger partial charge in [-0.05, 0) is 49.0 Å². The standard InChI is InChI=1S/C21H21F3N4O2S/c1-2-3-4-11-30-17-7-6-15(12-16(17)21(22,23)24)26-20(31)27-19(29)14-5-8-18-25-9-10-28(18)13-14/h5-10,12-13H,2-4,11H2,1H3,(H2,26,27,29,31). The van der Waals surface area contributed by atoms with E-state index in [0.717, 1.165) is 18.9 Å². The minimum absolute atomic E-state index is 0.0867. The van der Waals surface area contributed by atoms with Crippen molar-refractivity contribution in [3.8, 4) is 5.75 Å². The molecule has 0 bridgehead atoms. The van der Waals surface area contributed by atoms with E-state index < -0.39 is 17.6 Å². The Morgan fingerprint density at radius 3 is 2.77 bits per heavy atom. The molecule has 0 aliphatic heterocycles. The first kappa shape index (κ1) is 22.5. The van der Waals surface area contributed by atoms with Crippen molar-refractivity contribution in [3.05, 3.63) is 60.0 Å². The summed E-state index contributed by atoms with van der Waals surface area (Å²) in [5.74, 6) is -0.738. The molecule has 3 rings (SSSR count). The molecule has 2 N–H and O–H groups in total. The quantitative estimate of drug-likeness (QED) is 0.390. The third-order valence-corrected chi connectivity index (χ3v) is 4.63. The van der Waals surface area contributed by atoms with Crippen molar-refractivity contribution in [2.45, 2.75) is 32.4 Å². The van der Waals surface area contributed by atoms with Crippen LogP contribution < -0.4 is 15.4 Å². The number of anilines is 1. The number of benzene rings is 1. The maximum absolute atomic E-state index is 13.5. The number of nitrogens with one attached hydrogen (secondary N) is 2. The maximum Gasteiger partial charge on any atom is 0.420 e. The first-order valence-corrected chi connectivity index (χ1v) is 10.1. The molecule has 6 nitrogen and oxygen atoms in total. The predicted molar refractivity (Wildman–Crippen MR) is 115 cm³/mol. The van der Waals surface area contributed by atoms with Gasteiger partial charge in [-0.1, -0.05) is 19.8 Å². The molecule has 0 saturated heterocycles. The molecule has 0 atom stereocenters. The Bertz CT molecular complexity index is 1080. The molecule has 164 valence electrons. The van der Waals surface area contributed by atoms with Crippen molar-refractivity contribution in [1.82, 2.24) is 14.7 Å². The molecule has 0 spiro atoms. The summed E-state index contributed by atoms with van der Waals surface area (Å²) in [5.41, 5.74) is 0.174. The fourth-order valence-corrected chi connectivity index (χ4v) is 3.09. The Labute approximate surface area is 182 Å². The molecule has 0 unspecified atom stereocenters. The van der Waals surface area contributed by atoms with Crippen LogP contribution in [0, 0.1) is 0 Å². The van der Waals surface area contributed by atoms with E-state index in [2.05, 4.69) is 15.6 Å². The predicted octanol–water partition coefficient (Wildman–Crippen LogP) is 5.05. The van der Waals surface area contributed by atoms with E-state index in [1.54, 1.807) is 35.1 Å². The fraction of sp³-hybridized carbons (Fsp3) is 0.286. The number of ether oxygens (including phenoxy) is 1. The van der Waals surface area contributed by atoms with E-state index in [0.29, 0.717) is 17.6 Å². The fourth-order valence-electron chi connectivity index (χ4n) is 2.88. The number of rotatable bonds is 7. The summed E-state index contributed by atoms with van der Waals surface area (Å²) in [7, 11) is 0. The van der Waals surface area contributed by atoms with Crippen molar-refractivity contribution in [1.29, 1.82) is 0 Å². The molecule has 0 radical (unpaired) electrons. The van der Waals surface area contributed by atoms with Crippen molar-refractivity contribution in [2.75, 3.05) is 11.9 Å². The van der Waals surface area contributed by atoms with Gasteiger partial charge in [0.2, 0.25) is 0 Å². The molecule has 0 saturated carbocycles. The molecule has 0 fully saturated rings. The summed E-state index contributed by atoms with van der Waals surface area (Å²) >= 11 is 5.09. The van der Waals surface area contributed by atoms with Gasteiger partial charge in [-0.25, -0.2) is 4.98 Å². The lowest BCUT2D eigenvalue weighted by Crippen LogP contribution is -2.34. The van der Waals surface area contributed by atoms with Gasteiger partial charge in [0.05, 0.1) is 17.7 Å². The van der Waals surface area contributed by atoms with E-state index >= 15 is 0 Å². The number of imidazole rings is 1. The molecule has 0 aliphatic rings. The molecule has 1 aromatic carbocycles. The molecule has 10 heteroatoms. The van der Waals surface area contributed by atoms with Gasteiger partial charge in [-0.15, -0.1) is 0 Å². The number of carbonyl (C=O) groups excluding carboxylic acids is 1. The number of alkyl halides is 3. The van der Waals surface area contributed by atoms with Crippen molar-refractivity contribution >= 4 is 34.6 Å². The molecule has 2 heterocycles. The second-order valence-electron chi connectivity index (χ2n) is 6.78. The lowest BCUT2D eigenvalue weighted by atomic mass is 10.1. The number of carbonyl (C=O) groups is 1. The van der Waals surface area contributed by atoms with Crippen LogP contribution >= 0.6 is 12.2 Å². The topological polar surface area (TPSA) is 67.7 Å². The number of aromatic nitrogens is 2. The summed E-state index contributed by atoms with van der Waals surface area (Å²) in [4.78, 5) is 16.5. The number of thiocarbonyl (C=S) groups is 1. The molecular weight excluding hydrogens is 429 g/mol. The average Bonchev–Trinajstić information content (AvgIpc) is 3.19. The van der Waals surface area contributed by atoms with Crippen LogP contribution in [0.1, 0.15) is 42.1 Å². The largest absolute Gasteiger partial charge is 0.493 e. The van der Waals surface area contributed by atoms with Crippen LogP contribution in [0.4, 0.5) is 18.9 Å². The van der Waals surface area contributed by atoms with Gasteiger partial charge >= 0.3 is 6.18 Å². The number of nitrogens with zero attached hydrogens (tertiary/aromatic N) is 2. The Morgan fingerprint density at radius 2 is 2.03 bits per heavy atom. The normalized spacial score (nSPS) is 11.4. The van der Waals surface area contributed by atoms with E-state index in [1.165, 1.54) is 12.1 Å². The van der Waals surface area contributed by atoms with Crippen molar-refractivity contribution in [3.63, 3.8) is 0 Å². The highest BCUT2D eigenvalue weighted by Crippen LogP contribution is 2.38. The molecule has 2 aromatic heterocycles. The van der Waals surface area contributed by atoms with E-state index in [1.807, 2.05) is 6.92 Å². The highest BCUT2D eigenvalue weighted by Gasteiger charge is 2.34. The zero-order chi connectivity index (χ0) is 22.4. The van der Waals surface area contributed by atoms with E-state index in [4.69, 9.17) is 17.0 Å². The third kappa shape index (κ3) is 5.94. The van der Waals surface area contributed by atoms with Crippen LogP contribution in [0.3, 0.4) is 0 Å². The van der Waals surface area contributed by atoms with Crippen LogP contribution in [-0.4, -0.2) is 27.0 Å². The van der Waals surface area contributed by atoms with Crippen molar-refractivity contribution < 1.29 is 22.7 Å². The van der Waals surface area contributed by atoms with Gasteiger partial charge < -0.3 is 14.5 Å². The number of pyridine rings is 1. The molecule has 0 aliphatic carbocycles. The summed E-state index contributed by atoms with van der Waals surface area (Å²) in [6, 6.07) is 6.81. The second kappa shape index (κ2) is 9.78. The van der Waals surface area contributed by atoms with Gasteiger partial charge in [0.15, 0.2) is 5.11 Å². The minimum Gasteiger partial charge on any atom is -0.493 e. The maximum atomic E-state index is 13.5. The van der Waals surface area contributed by atoms with Crippen LogP contribution in [0.2, 0.25) is 0 Å². The van der Waals surface area contributed by atoms with Crippen LogP contribution in [0.5, 0.6) is 5.75 Å². The highest BCUT2D eigenvalue weighted by molar-refractivity contribution is 7.80. The SMILES string of the molecule is CCCCCOc1ccc(NC(=S)NC(=O)c2ccc3nccn3c2)cc1C(F)(F)F. The number of unbranched alkanes of at least 4 members (excludes halogenated alkanes) is 2. The number of halogens is 3. The third-order valence-electron chi connectivity index (χ3n) is 4.43. The summed E-state index contributed by atoms with van der Waals surface area (Å²) < 4.78 is 47.4. The van der Waals surface area contributed by atoms with Gasteiger partial charge in [0.1, 0.15) is 11.4 Å². The molecule has 3 aromatic rings. The zero-order valence-electron chi connectivity index (χ0n) is 16.7. The Balaban J connectivity index is 1.67. The Morgan fingerprint density at radius 1 is 1.23 bits per heavy atom. The molecular formula is C21H21F3N4O2S.